The van der Waals surface area contributed by atoms with Crippen molar-refractivity contribution in [3.8, 4) is 0 Å². The smallest absolute Gasteiger partial charge is 0.0559 e. The highest BCUT2D eigenvalue weighted by molar-refractivity contribution is 5.46. The highest BCUT2D eigenvalue weighted by Crippen LogP contribution is 2.30. The van der Waals surface area contributed by atoms with Crippen molar-refractivity contribution in [1.29, 1.82) is 0 Å². The Bertz CT molecular complexity index is 617. The van der Waals surface area contributed by atoms with Crippen molar-refractivity contribution >= 4 is 0 Å². The zero-order valence-corrected chi connectivity index (χ0v) is 14.0. The normalized spacial score (nSPS) is 12.5. The summed E-state index contributed by atoms with van der Waals surface area (Å²) >= 11 is 0. The summed E-state index contributed by atoms with van der Waals surface area (Å²) in [6.45, 7) is 10.9. The van der Waals surface area contributed by atoms with E-state index in [1.54, 1.807) is 0 Å². The van der Waals surface area contributed by atoms with E-state index in [2.05, 4.69) is 65.0 Å². The first-order valence-electron chi connectivity index (χ1n) is 7.92. The summed E-state index contributed by atoms with van der Waals surface area (Å²) in [5.41, 5.74) is 15.8. The molecule has 0 aliphatic heterocycles. The first-order valence-corrected chi connectivity index (χ1v) is 7.92. The molecule has 0 radical (unpaired) electrons. The average Bonchev–Trinajstić information content (AvgIpc) is 2.45. The van der Waals surface area contributed by atoms with Crippen LogP contribution in [0.5, 0.6) is 0 Å². The van der Waals surface area contributed by atoms with Crippen molar-refractivity contribution in [3.63, 3.8) is 0 Å². The summed E-state index contributed by atoms with van der Waals surface area (Å²) < 4.78 is 0. The first kappa shape index (κ1) is 15.8. The molecule has 0 aromatic heterocycles. The summed E-state index contributed by atoms with van der Waals surface area (Å²) in [6.07, 6.45) is 2.08. The number of rotatable bonds is 4. The van der Waals surface area contributed by atoms with E-state index in [-0.39, 0.29) is 6.04 Å². The second kappa shape index (κ2) is 6.44. The van der Waals surface area contributed by atoms with E-state index in [1.165, 1.54) is 38.9 Å². The standard InChI is InChI=1S/C20H27N/c1-6-16-8-9-17(7-2)18(12-16)20(21)19-14(4)10-13(3)11-15(19)5/h8-12,20H,6-7,21H2,1-5H3. The fourth-order valence-electron chi connectivity index (χ4n) is 3.31. The Labute approximate surface area is 129 Å². The third-order valence-electron chi connectivity index (χ3n) is 4.38. The third-order valence-corrected chi connectivity index (χ3v) is 4.38. The molecule has 1 unspecified atom stereocenters. The Kier molecular flexibility index (Phi) is 4.84. The SMILES string of the molecule is CCc1ccc(CC)c(C(N)c2c(C)cc(C)cc2C)c1. The van der Waals surface area contributed by atoms with E-state index in [4.69, 9.17) is 5.73 Å². The molecule has 0 fully saturated rings. The Balaban J connectivity index is 2.56. The van der Waals surface area contributed by atoms with E-state index in [1.807, 2.05) is 0 Å². The number of aryl methyl sites for hydroxylation is 5. The van der Waals surface area contributed by atoms with Crippen molar-refractivity contribution < 1.29 is 0 Å². The Morgan fingerprint density at radius 3 is 2.05 bits per heavy atom. The molecule has 1 heteroatoms. The second-order valence-corrected chi connectivity index (χ2v) is 6.03. The summed E-state index contributed by atoms with van der Waals surface area (Å²) in [6, 6.07) is 11.2. The van der Waals surface area contributed by atoms with Crippen LogP contribution in [-0.2, 0) is 12.8 Å². The summed E-state index contributed by atoms with van der Waals surface area (Å²) in [5, 5.41) is 0. The Hall–Kier alpha value is -1.60. The maximum atomic E-state index is 6.67. The minimum atomic E-state index is -0.0351. The van der Waals surface area contributed by atoms with Crippen LogP contribution in [0.15, 0.2) is 30.3 Å². The number of nitrogens with two attached hydrogens (primary N) is 1. The monoisotopic (exact) mass is 281 g/mol. The Morgan fingerprint density at radius 1 is 0.905 bits per heavy atom. The van der Waals surface area contributed by atoms with Gasteiger partial charge in [0.1, 0.15) is 0 Å². The van der Waals surface area contributed by atoms with Gasteiger partial charge in [0.2, 0.25) is 0 Å². The maximum absolute atomic E-state index is 6.67. The Morgan fingerprint density at radius 2 is 1.52 bits per heavy atom. The predicted octanol–water partition coefficient (Wildman–Crippen LogP) is 4.78. The average molecular weight is 281 g/mol. The highest BCUT2D eigenvalue weighted by atomic mass is 14.6. The van der Waals surface area contributed by atoms with E-state index < -0.39 is 0 Å². The van der Waals surface area contributed by atoms with Gasteiger partial charge in [0.05, 0.1) is 6.04 Å². The lowest BCUT2D eigenvalue weighted by Gasteiger charge is -2.22. The maximum Gasteiger partial charge on any atom is 0.0559 e. The quantitative estimate of drug-likeness (QED) is 0.857. The van der Waals surface area contributed by atoms with Crippen LogP contribution in [0.1, 0.15) is 58.8 Å². The topological polar surface area (TPSA) is 26.0 Å². The van der Waals surface area contributed by atoms with E-state index in [9.17, 15) is 0 Å². The van der Waals surface area contributed by atoms with Gasteiger partial charge in [-0.25, -0.2) is 0 Å². The summed E-state index contributed by atoms with van der Waals surface area (Å²) in [4.78, 5) is 0. The summed E-state index contributed by atoms with van der Waals surface area (Å²) in [7, 11) is 0. The van der Waals surface area contributed by atoms with Crippen LogP contribution >= 0.6 is 0 Å². The molecule has 0 spiro atoms. The van der Waals surface area contributed by atoms with Gasteiger partial charge in [0, 0.05) is 0 Å². The van der Waals surface area contributed by atoms with Crippen molar-refractivity contribution in [3.05, 3.63) is 69.3 Å². The molecule has 112 valence electrons. The molecule has 0 bridgehead atoms. The van der Waals surface area contributed by atoms with Gasteiger partial charge in [-0.15, -0.1) is 0 Å². The van der Waals surface area contributed by atoms with Gasteiger partial charge < -0.3 is 5.73 Å². The predicted molar refractivity (Wildman–Crippen MR) is 91.9 cm³/mol. The van der Waals surface area contributed by atoms with E-state index >= 15 is 0 Å². The van der Waals surface area contributed by atoms with Crippen molar-refractivity contribution in [1.82, 2.24) is 0 Å². The van der Waals surface area contributed by atoms with Crippen LogP contribution in [0.4, 0.5) is 0 Å². The van der Waals surface area contributed by atoms with Crippen molar-refractivity contribution in [2.75, 3.05) is 0 Å². The van der Waals surface area contributed by atoms with Crippen LogP contribution in [-0.4, -0.2) is 0 Å². The van der Waals surface area contributed by atoms with Gasteiger partial charge >= 0.3 is 0 Å². The summed E-state index contributed by atoms with van der Waals surface area (Å²) in [5.74, 6) is 0. The number of benzene rings is 2. The lowest BCUT2D eigenvalue weighted by Crippen LogP contribution is -2.17. The minimum Gasteiger partial charge on any atom is -0.320 e. The first-order chi connectivity index (χ1) is 9.97. The van der Waals surface area contributed by atoms with Crippen molar-refractivity contribution in [2.24, 2.45) is 5.73 Å². The molecule has 2 aromatic rings. The molecule has 2 N–H and O–H groups in total. The van der Waals surface area contributed by atoms with E-state index in [0.717, 1.165) is 12.8 Å². The van der Waals surface area contributed by atoms with Gasteiger partial charge in [-0.1, -0.05) is 49.7 Å². The zero-order valence-electron chi connectivity index (χ0n) is 14.0. The van der Waals surface area contributed by atoms with Crippen LogP contribution in [0, 0.1) is 20.8 Å². The number of hydrogen-bond acceptors (Lipinski definition) is 1. The molecule has 0 aliphatic rings. The number of hydrogen-bond donors (Lipinski definition) is 1. The lowest BCUT2D eigenvalue weighted by atomic mass is 9.87. The van der Waals surface area contributed by atoms with Gasteiger partial charge in [-0.3, -0.25) is 0 Å². The van der Waals surface area contributed by atoms with Gasteiger partial charge in [-0.05, 0) is 67.0 Å². The van der Waals surface area contributed by atoms with Crippen LogP contribution in [0.25, 0.3) is 0 Å². The highest BCUT2D eigenvalue weighted by Gasteiger charge is 2.17. The largest absolute Gasteiger partial charge is 0.320 e. The molecule has 0 saturated heterocycles. The van der Waals surface area contributed by atoms with Crippen LogP contribution < -0.4 is 5.73 Å². The molecule has 2 aromatic carbocycles. The molecule has 0 aliphatic carbocycles. The lowest BCUT2D eigenvalue weighted by molar-refractivity contribution is 0.828. The zero-order chi connectivity index (χ0) is 15.6. The third kappa shape index (κ3) is 3.19. The molecule has 0 amide bonds. The molecular formula is C20H27N. The molecule has 0 saturated carbocycles. The minimum absolute atomic E-state index is 0.0351. The van der Waals surface area contributed by atoms with Gasteiger partial charge in [-0.2, -0.15) is 0 Å². The fourth-order valence-corrected chi connectivity index (χ4v) is 3.31. The fraction of sp³-hybridized carbons (Fsp3) is 0.400. The van der Waals surface area contributed by atoms with Crippen LogP contribution in [0.3, 0.4) is 0 Å². The van der Waals surface area contributed by atoms with Gasteiger partial charge in [0.25, 0.3) is 0 Å². The van der Waals surface area contributed by atoms with Crippen LogP contribution in [0.2, 0.25) is 0 Å². The molecule has 0 heterocycles. The van der Waals surface area contributed by atoms with Gasteiger partial charge in [0.15, 0.2) is 0 Å². The molecule has 1 nitrogen and oxygen atoms in total. The second-order valence-electron chi connectivity index (χ2n) is 6.03. The molecule has 1 atom stereocenters. The van der Waals surface area contributed by atoms with Crippen molar-refractivity contribution in [2.45, 2.75) is 53.5 Å². The molecule has 21 heavy (non-hydrogen) atoms. The van der Waals surface area contributed by atoms with E-state index in [0.29, 0.717) is 0 Å². The molecule has 2 rings (SSSR count). The molecular weight excluding hydrogens is 254 g/mol.